The first-order valence-corrected chi connectivity index (χ1v) is 8.35. The molecule has 23 heavy (non-hydrogen) atoms. The van der Waals surface area contributed by atoms with Crippen LogP contribution in [-0.2, 0) is 7.05 Å². The summed E-state index contributed by atoms with van der Waals surface area (Å²) in [6, 6.07) is 8.47. The van der Waals surface area contributed by atoms with Crippen LogP contribution in [0.25, 0.3) is 21.5 Å². The van der Waals surface area contributed by atoms with Crippen molar-refractivity contribution >= 4 is 27.5 Å². The summed E-state index contributed by atoms with van der Waals surface area (Å²) in [7, 11) is 1.81. The van der Waals surface area contributed by atoms with Crippen LogP contribution in [0.1, 0.15) is 29.9 Å². The molecule has 3 rings (SSSR count). The van der Waals surface area contributed by atoms with Crippen LogP contribution >= 0.6 is 11.3 Å². The number of thiophene rings is 1. The van der Waals surface area contributed by atoms with Crippen molar-refractivity contribution in [1.82, 2.24) is 15.1 Å². The molecule has 0 aliphatic carbocycles. The maximum Gasteiger partial charge on any atom is 0.261 e. The Hall–Kier alpha value is -2.21. The number of rotatable bonds is 4. The van der Waals surface area contributed by atoms with Gasteiger partial charge >= 0.3 is 0 Å². The van der Waals surface area contributed by atoms with Gasteiger partial charge in [-0.2, -0.15) is 5.10 Å². The third kappa shape index (κ3) is 2.86. The second kappa shape index (κ2) is 6.12. The van der Waals surface area contributed by atoms with Crippen LogP contribution < -0.4 is 5.32 Å². The lowest BCUT2D eigenvalue weighted by atomic mass is 10.1. The predicted molar refractivity (Wildman–Crippen MR) is 91.2 cm³/mol. The number of carbonyl (C=O) groups is 1. The Kier molecular flexibility index (Phi) is 4.17. The number of nitrogens with zero attached hydrogens (tertiary/aromatic N) is 2. The fraction of sp³-hybridized carbons (Fsp3) is 0.294. The van der Waals surface area contributed by atoms with Crippen molar-refractivity contribution in [2.75, 3.05) is 0 Å². The van der Waals surface area contributed by atoms with Crippen molar-refractivity contribution in [3.63, 3.8) is 0 Å². The average Bonchev–Trinajstić information content (AvgIpc) is 3.09. The van der Waals surface area contributed by atoms with E-state index in [1.807, 2.05) is 13.8 Å². The lowest BCUT2D eigenvalue weighted by Crippen LogP contribution is -2.31. The Labute approximate surface area is 137 Å². The molecule has 1 amide bonds. The first-order chi connectivity index (χ1) is 11.0. The van der Waals surface area contributed by atoms with E-state index in [9.17, 15) is 9.18 Å². The molecule has 0 saturated carbocycles. The van der Waals surface area contributed by atoms with Crippen LogP contribution in [0.15, 0.2) is 30.3 Å². The summed E-state index contributed by atoms with van der Waals surface area (Å²) in [5.41, 5.74) is 1.02. The zero-order valence-corrected chi connectivity index (χ0v) is 14.1. The molecule has 0 fully saturated rings. The van der Waals surface area contributed by atoms with Gasteiger partial charge in [-0.15, -0.1) is 11.3 Å². The summed E-state index contributed by atoms with van der Waals surface area (Å²) in [6.45, 7) is 3.99. The normalized spacial score (nSPS) is 12.5. The maximum absolute atomic E-state index is 14.1. The zero-order valence-electron chi connectivity index (χ0n) is 13.3. The lowest BCUT2D eigenvalue weighted by Gasteiger charge is -2.09. The third-order valence-corrected chi connectivity index (χ3v) is 5.05. The Bertz CT molecular complexity index is 868. The van der Waals surface area contributed by atoms with E-state index in [4.69, 9.17) is 0 Å². The monoisotopic (exact) mass is 331 g/mol. The largest absolute Gasteiger partial charge is 0.349 e. The Morgan fingerprint density at radius 2 is 2.17 bits per heavy atom. The molecule has 2 aromatic heterocycles. The first kappa shape index (κ1) is 15.7. The van der Waals surface area contributed by atoms with Crippen LogP contribution in [0, 0.1) is 5.82 Å². The summed E-state index contributed by atoms with van der Waals surface area (Å²) in [4.78, 5) is 13.8. The number of nitrogens with one attached hydrogen (secondary N) is 1. The number of aryl methyl sites for hydroxylation is 1. The summed E-state index contributed by atoms with van der Waals surface area (Å²) in [5.74, 6) is -0.413. The van der Waals surface area contributed by atoms with Gasteiger partial charge < -0.3 is 5.32 Å². The Morgan fingerprint density at radius 3 is 2.87 bits per heavy atom. The first-order valence-electron chi connectivity index (χ1n) is 7.53. The van der Waals surface area contributed by atoms with E-state index in [-0.39, 0.29) is 17.8 Å². The van der Waals surface area contributed by atoms with Crippen molar-refractivity contribution < 1.29 is 9.18 Å². The summed E-state index contributed by atoms with van der Waals surface area (Å²) >= 11 is 1.37. The van der Waals surface area contributed by atoms with Gasteiger partial charge in [-0.25, -0.2) is 4.39 Å². The fourth-order valence-electron chi connectivity index (χ4n) is 2.40. The molecule has 4 nitrogen and oxygen atoms in total. The van der Waals surface area contributed by atoms with E-state index in [1.54, 1.807) is 36.0 Å². The Morgan fingerprint density at radius 1 is 1.43 bits per heavy atom. The molecule has 3 aromatic rings. The minimum absolute atomic E-state index is 0.0972. The molecule has 0 spiro atoms. The molecule has 2 heterocycles. The van der Waals surface area contributed by atoms with Crippen LogP contribution in [0.3, 0.4) is 0 Å². The van der Waals surface area contributed by atoms with E-state index in [1.165, 1.54) is 17.4 Å². The van der Waals surface area contributed by atoms with Gasteiger partial charge in [-0.1, -0.05) is 19.1 Å². The number of hydrogen-bond donors (Lipinski definition) is 1. The zero-order chi connectivity index (χ0) is 16.6. The van der Waals surface area contributed by atoms with Crippen molar-refractivity contribution in [1.29, 1.82) is 0 Å². The Balaban J connectivity index is 2.06. The molecular formula is C17H18FN3OS. The molecule has 0 bridgehead atoms. The van der Waals surface area contributed by atoms with Crippen molar-refractivity contribution in [2.24, 2.45) is 7.05 Å². The highest BCUT2D eigenvalue weighted by Gasteiger charge is 2.20. The summed E-state index contributed by atoms with van der Waals surface area (Å²) < 4.78 is 15.8. The number of benzene rings is 1. The van der Waals surface area contributed by atoms with Gasteiger partial charge in [0.2, 0.25) is 0 Å². The van der Waals surface area contributed by atoms with Crippen LogP contribution in [-0.4, -0.2) is 21.7 Å². The SMILES string of the molecule is CC[C@@H](C)NC(=O)c1cc2c(-c3ccccc3F)nn(C)c2s1. The summed E-state index contributed by atoms with van der Waals surface area (Å²) in [6.07, 6.45) is 0.874. The van der Waals surface area contributed by atoms with Gasteiger partial charge in [0.15, 0.2) is 0 Å². The number of carbonyl (C=O) groups excluding carboxylic acids is 1. The van der Waals surface area contributed by atoms with Crippen molar-refractivity contribution in [2.45, 2.75) is 26.3 Å². The molecule has 6 heteroatoms. The van der Waals surface area contributed by atoms with Gasteiger partial charge in [-0.05, 0) is 31.5 Å². The standard InChI is InChI=1S/C17H18FN3OS/c1-4-10(2)19-16(22)14-9-12-15(20-21(3)17(12)23-14)11-7-5-6-8-13(11)18/h5-10H,4H2,1-3H3,(H,19,22)/t10-/m1/s1. The molecule has 0 unspecified atom stereocenters. The third-order valence-electron chi connectivity index (χ3n) is 3.85. The average molecular weight is 331 g/mol. The van der Waals surface area contributed by atoms with Crippen molar-refractivity contribution in [3.05, 3.63) is 41.0 Å². The molecule has 1 atom stereocenters. The molecule has 0 saturated heterocycles. The smallest absolute Gasteiger partial charge is 0.261 e. The van der Waals surface area contributed by atoms with Gasteiger partial charge in [0.1, 0.15) is 16.3 Å². The van der Waals surface area contributed by atoms with E-state index in [2.05, 4.69) is 10.4 Å². The highest BCUT2D eigenvalue weighted by Crippen LogP contribution is 2.34. The summed E-state index contributed by atoms with van der Waals surface area (Å²) in [5, 5.41) is 8.17. The topological polar surface area (TPSA) is 46.9 Å². The number of halogens is 1. The highest BCUT2D eigenvalue weighted by molar-refractivity contribution is 7.20. The molecule has 0 radical (unpaired) electrons. The number of hydrogen-bond acceptors (Lipinski definition) is 3. The predicted octanol–water partition coefficient (Wildman–Crippen LogP) is 3.97. The molecule has 120 valence electrons. The van der Waals surface area contributed by atoms with Crippen LogP contribution in [0.4, 0.5) is 4.39 Å². The van der Waals surface area contributed by atoms with Crippen LogP contribution in [0.5, 0.6) is 0 Å². The van der Waals surface area contributed by atoms with Crippen molar-refractivity contribution in [3.8, 4) is 11.3 Å². The van der Waals surface area contributed by atoms with E-state index in [0.717, 1.165) is 16.6 Å². The van der Waals surface area contributed by atoms with Gasteiger partial charge in [-0.3, -0.25) is 9.48 Å². The highest BCUT2D eigenvalue weighted by atomic mass is 32.1. The van der Waals surface area contributed by atoms with Gasteiger partial charge in [0.25, 0.3) is 5.91 Å². The minimum Gasteiger partial charge on any atom is -0.349 e. The molecule has 1 N–H and O–H groups in total. The van der Waals surface area contributed by atoms with Gasteiger partial charge in [0.05, 0.1) is 4.88 Å². The van der Waals surface area contributed by atoms with Gasteiger partial charge in [0, 0.05) is 24.0 Å². The molecule has 1 aromatic carbocycles. The van der Waals surface area contributed by atoms with E-state index < -0.39 is 0 Å². The minimum atomic E-state index is -0.315. The van der Waals surface area contributed by atoms with Crippen LogP contribution in [0.2, 0.25) is 0 Å². The fourth-order valence-corrected chi connectivity index (χ4v) is 3.38. The maximum atomic E-state index is 14.1. The van der Waals surface area contributed by atoms with E-state index >= 15 is 0 Å². The lowest BCUT2D eigenvalue weighted by molar-refractivity contribution is 0.0943. The second-order valence-corrected chi connectivity index (χ2v) is 6.59. The molecule has 0 aliphatic rings. The number of amides is 1. The molecular weight excluding hydrogens is 313 g/mol. The second-order valence-electron chi connectivity index (χ2n) is 5.56. The molecule has 0 aliphatic heterocycles. The number of aromatic nitrogens is 2. The number of fused-ring (bicyclic) bond motifs is 1. The van der Waals surface area contributed by atoms with E-state index in [0.29, 0.717) is 16.1 Å². The quantitative estimate of drug-likeness (QED) is 0.786.